The van der Waals surface area contributed by atoms with Crippen molar-refractivity contribution in [2.24, 2.45) is 5.92 Å². The highest BCUT2D eigenvalue weighted by atomic mass is 19.2. The van der Waals surface area contributed by atoms with Crippen molar-refractivity contribution in [1.82, 2.24) is 5.32 Å². The number of halogens is 2. The molecule has 0 amide bonds. The van der Waals surface area contributed by atoms with Crippen molar-refractivity contribution in [3.8, 4) is 5.75 Å². The van der Waals surface area contributed by atoms with Crippen LogP contribution in [0.1, 0.15) is 37.0 Å². The number of ether oxygens (including phenoxy) is 1. The molecule has 0 saturated carbocycles. The number of carboxylic acids is 1. The average Bonchev–Trinajstić information content (AvgIpc) is 3.13. The van der Waals surface area contributed by atoms with Gasteiger partial charge in [-0.1, -0.05) is 24.3 Å². The van der Waals surface area contributed by atoms with Gasteiger partial charge in [0.05, 0.1) is 0 Å². The van der Waals surface area contributed by atoms with Gasteiger partial charge in [-0.25, -0.2) is 9.18 Å². The Labute approximate surface area is 186 Å². The fourth-order valence-electron chi connectivity index (χ4n) is 4.18. The van der Waals surface area contributed by atoms with Crippen molar-refractivity contribution in [1.29, 1.82) is 0 Å². The van der Waals surface area contributed by atoms with Crippen LogP contribution in [0.2, 0.25) is 0 Å². The van der Waals surface area contributed by atoms with Crippen molar-refractivity contribution in [2.45, 2.75) is 44.8 Å². The molecule has 1 aliphatic carbocycles. The lowest BCUT2D eigenvalue weighted by atomic mass is 9.88. The minimum absolute atomic E-state index is 0.146. The molecule has 2 aromatic rings. The van der Waals surface area contributed by atoms with Crippen LogP contribution < -0.4 is 10.1 Å². The van der Waals surface area contributed by atoms with Crippen LogP contribution in [-0.2, 0) is 17.6 Å². The van der Waals surface area contributed by atoms with E-state index in [1.165, 1.54) is 17.2 Å². The Hall–Kier alpha value is -2.77. The van der Waals surface area contributed by atoms with Gasteiger partial charge in [-0.05, 0) is 73.9 Å². The molecule has 1 aliphatic rings. The number of fused-ring (bicyclic) bond motifs is 1. The largest absolute Gasteiger partial charge is 0.488 e. The first kappa shape index (κ1) is 23.9. The second kappa shape index (κ2) is 10.2. The number of β-amino-alcohol motifs (C(OH)–C–C–N with tert-alkyl or cyclic N) is 1. The molecular formula is C25H29F2NO4. The summed E-state index contributed by atoms with van der Waals surface area (Å²) in [5.74, 6) is -3.39. The Morgan fingerprint density at radius 3 is 2.53 bits per heavy atom. The van der Waals surface area contributed by atoms with Gasteiger partial charge in [0.15, 0.2) is 11.6 Å². The third-order valence-electron chi connectivity index (χ3n) is 5.62. The highest BCUT2D eigenvalue weighted by Crippen LogP contribution is 2.32. The Morgan fingerprint density at radius 1 is 1.25 bits per heavy atom. The molecule has 172 valence electrons. The molecule has 2 aromatic carbocycles. The van der Waals surface area contributed by atoms with E-state index in [1.807, 2.05) is 0 Å². The highest BCUT2D eigenvalue weighted by Gasteiger charge is 2.28. The van der Waals surface area contributed by atoms with Crippen LogP contribution in [0.4, 0.5) is 8.78 Å². The fourth-order valence-corrected chi connectivity index (χ4v) is 4.18. The van der Waals surface area contributed by atoms with E-state index in [-0.39, 0.29) is 30.0 Å². The van der Waals surface area contributed by atoms with Gasteiger partial charge in [-0.3, -0.25) is 0 Å². The number of hydrogen-bond acceptors (Lipinski definition) is 4. The number of aliphatic hydroxyl groups excluding tert-OH is 1. The Balaban J connectivity index is 1.49. The minimum atomic E-state index is -1.21. The predicted molar refractivity (Wildman–Crippen MR) is 119 cm³/mol. The zero-order valence-electron chi connectivity index (χ0n) is 18.3. The summed E-state index contributed by atoms with van der Waals surface area (Å²) in [4.78, 5) is 10.6. The van der Waals surface area contributed by atoms with Gasteiger partial charge in [0.1, 0.15) is 12.7 Å². The topological polar surface area (TPSA) is 78.8 Å². The summed E-state index contributed by atoms with van der Waals surface area (Å²) < 4.78 is 33.1. The number of carboxylic acid groups (broad SMARTS) is 1. The van der Waals surface area contributed by atoms with Gasteiger partial charge in [0.2, 0.25) is 5.82 Å². The van der Waals surface area contributed by atoms with Crippen molar-refractivity contribution < 1.29 is 28.5 Å². The maximum atomic E-state index is 14.0. The number of aliphatic hydroxyl groups is 1. The SMILES string of the molecule is CC(C)(CC1Cc2ccccc2C1)NCC(O)COc1cc(/C=C/C(=O)O)cc(F)c1F. The number of nitrogens with one attached hydrogen (secondary N) is 1. The molecule has 3 rings (SSSR count). The standard InChI is InChI=1S/C25H29F2NO4/c1-25(2,13-17-9-18-5-3-4-6-19(18)10-17)28-14-20(29)15-32-22-12-16(7-8-23(30)31)11-21(26)24(22)27/h3-8,11-12,17,20,28-29H,9-10,13-15H2,1-2H3,(H,30,31)/b8-7+. The van der Waals surface area contributed by atoms with Crippen molar-refractivity contribution >= 4 is 12.0 Å². The number of benzene rings is 2. The maximum absolute atomic E-state index is 14.0. The molecular weight excluding hydrogens is 416 g/mol. The molecule has 0 aliphatic heterocycles. The molecule has 0 saturated heterocycles. The summed E-state index contributed by atoms with van der Waals surface area (Å²) in [6, 6.07) is 10.5. The van der Waals surface area contributed by atoms with Gasteiger partial charge >= 0.3 is 5.97 Å². The van der Waals surface area contributed by atoms with Gasteiger partial charge < -0.3 is 20.3 Å². The summed E-state index contributed by atoms with van der Waals surface area (Å²) in [6.07, 6.45) is 4.05. The van der Waals surface area contributed by atoms with Crippen LogP contribution in [-0.4, -0.2) is 41.0 Å². The third-order valence-corrected chi connectivity index (χ3v) is 5.62. The molecule has 1 unspecified atom stereocenters. The third kappa shape index (κ3) is 6.61. The summed E-state index contributed by atoms with van der Waals surface area (Å²) in [5, 5.41) is 22.3. The number of carbonyl (C=O) groups is 1. The van der Waals surface area contributed by atoms with Crippen LogP contribution in [0.15, 0.2) is 42.5 Å². The van der Waals surface area contributed by atoms with Crippen LogP contribution in [0.3, 0.4) is 0 Å². The van der Waals surface area contributed by atoms with E-state index in [1.54, 1.807) is 0 Å². The van der Waals surface area contributed by atoms with Crippen molar-refractivity contribution in [3.63, 3.8) is 0 Å². The number of rotatable bonds is 10. The van der Waals surface area contributed by atoms with Crippen LogP contribution in [0, 0.1) is 17.6 Å². The van der Waals surface area contributed by atoms with Gasteiger partial charge in [0.25, 0.3) is 0 Å². The zero-order valence-corrected chi connectivity index (χ0v) is 18.3. The van der Waals surface area contributed by atoms with E-state index in [0.29, 0.717) is 5.92 Å². The Bertz CT molecular complexity index is 965. The first-order valence-corrected chi connectivity index (χ1v) is 10.7. The lowest BCUT2D eigenvalue weighted by Gasteiger charge is -2.30. The van der Waals surface area contributed by atoms with E-state index in [2.05, 4.69) is 43.4 Å². The molecule has 5 nitrogen and oxygen atoms in total. The average molecular weight is 446 g/mol. The van der Waals surface area contributed by atoms with E-state index >= 15 is 0 Å². The molecule has 3 N–H and O–H groups in total. The minimum Gasteiger partial charge on any atom is -0.488 e. The lowest BCUT2D eigenvalue weighted by molar-refractivity contribution is -0.131. The molecule has 1 atom stereocenters. The normalized spacial score (nSPS) is 15.2. The molecule has 7 heteroatoms. The highest BCUT2D eigenvalue weighted by molar-refractivity contribution is 5.85. The summed E-state index contributed by atoms with van der Waals surface area (Å²) in [7, 11) is 0. The van der Waals surface area contributed by atoms with Gasteiger partial charge in [-0.15, -0.1) is 0 Å². The molecule has 0 bridgehead atoms. The summed E-state index contributed by atoms with van der Waals surface area (Å²) in [6.45, 7) is 4.16. The molecule has 0 spiro atoms. The first-order valence-electron chi connectivity index (χ1n) is 10.7. The van der Waals surface area contributed by atoms with E-state index < -0.39 is 23.7 Å². The summed E-state index contributed by atoms with van der Waals surface area (Å²) in [5.41, 5.74) is 2.73. The lowest BCUT2D eigenvalue weighted by Crippen LogP contribution is -2.46. The monoisotopic (exact) mass is 445 g/mol. The quantitative estimate of drug-likeness (QED) is 0.482. The predicted octanol–water partition coefficient (Wildman–Crippen LogP) is 3.98. The molecule has 0 heterocycles. The smallest absolute Gasteiger partial charge is 0.328 e. The maximum Gasteiger partial charge on any atom is 0.328 e. The second-order valence-corrected chi connectivity index (χ2v) is 8.96. The second-order valence-electron chi connectivity index (χ2n) is 8.96. The summed E-state index contributed by atoms with van der Waals surface area (Å²) >= 11 is 0. The van der Waals surface area contributed by atoms with Crippen LogP contribution in [0.5, 0.6) is 5.75 Å². The number of aliphatic carboxylic acids is 1. The zero-order chi connectivity index (χ0) is 23.3. The van der Waals surface area contributed by atoms with E-state index in [4.69, 9.17) is 9.84 Å². The van der Waals surface area contributed by atoms with Gasteiger partial charge in [0, 0.05) is 18.2 Å². The molecule has 0 radical (unpaired) electrons. The van der Waals surface area contributed by atoms with E-state index in [0.717, 1.165) is 37.5 Å². The van der Waals surface area contributed by atoms with Gasteiger partial charge in [-0.2, -0.15) is 4.39 Å². The molecule has 0 aromatic heterocycles. The Kier molecular flexibility index (Phi) is 7.64. The molecule has 0 fully saturated rings. The number of hydrogen-bond donors (Lipinski definition) is 3. The van der Waals surface area contributed by atoms with Crippen molar-refractivity contribution in [2.75, 3.05) is 13.2 Å². The first-order chi connectivity index (χ1) is 15.1. The van der Waals surface area contributed by atoms with E-state index in [9.17, 15) is 18.7 Å². The van der Waals surface area contributed by atoms with Crippen molar-refractivity contribution in [3.05, 3.63) is 70.8 Å². The fraction of sp³-hybridized carbons (Fsp3) is 0.400. The molecule has 32 heavy (non-hydrogen) atoms. The van der Waals surface area contributed by atoms with Crippen LogP contribution >= 0.6 is 0 Å². The van der Waals surface area contributed by atoms with Crippen LogP contribution in [0.25, 0.3) is 6.08 Å². The Morgan fingerprint density at radius 2 is 1.91 bits per heavy atom.